The number of hydrazine groups is 1. The van der Waals surface area contributed by atoms with Crippen LogP contribution in [0.3, 0.4) is 0 Å². The Morgan fingerprint density at radius 2 is 2.40 bits per heavy atom. The monoisotopic (exact) mass is 321 g/mol. The van der Waals surface area contributed by atoms with Gasteiger partial charge in [0, 0.05) is 35.7 Å². The van der Waals surface area contributed by atoms with Crippen LogP contribution in [-0.4, -0.2) is 45.9 Å². The highest BCUT2D eigenvalue weighted by molar-refractivity contribution is 14.1. The molecule has 2 rings (SSSR count). The number of rotatable bonds is 2. The molecule has 1 fully saturated rings. The Morgan fingerprint density at radius 1 is 1.67 bits per heavy atom. The molecule has 15 heavy (non-hydrogen) atoms. The van der Waals surface area contributed by atoms with Crippen LogP contribution >= 0.6 is 22.6 Å². The van der Waals surface area contributed by atoms with E-state index in [1.165, 1.54) is 5.01 Å². The summed E-state index contributed by atoms with van der Waals surface area (Å²) in [5.41, 5.74) is 0.501. The van der Waals surface area contributed by atoms with Crippen molar-refractivity contribution in [3.63, 3.8) is 0 Å². The minimum atomic E-state index is -0.168. The molecule has 1 unspecified atom stereocenters. The number of fused-ring (bicyclic) bond motifs is 1. The summed E-state index contributed by atoms with van der Waals surface area (Å²) in [5, 5.41) is 6.39. The molecule has 1 saturated heterocycles. The van der Waals surface area contributed by atoms with Gasteiger partial charge in [-0.1, -0.05) is 0 Å². The SMILES string of the molecule is CNC1CCN2CC=C(C(=O)I)N2C1=O. The van der Waals surface area contributed by atoms with Crippen molar-refractivity contribution in [3.8, 4) is 0 Å². The van der Waals surface area contributed by atoms with Crippen molar-refractivity contribution in [1.29, 1.82) is 0 Å². The number of nitrogens with one attached hydrogen (secondary N) is 1. The number of likely N-dealkylation sites (N-methyl/N-ethyl adjacent to an activating group) is 1. The highest BCUT2D eigenvalue weighted by Gasteiger charge is 2.39. The van der Waals surface area contributed by atoms with Gasteiger partial charge in [-0.3, -0.25) is 9.59 Å². The summed E-state index contributed by atoms with van der Waals surface area (Å²) < 4.78 is -0.0831. The Hall–Kier alpha value is -0.470. The molecule has 5 nitrogen and oxygen atoms in total. The molecular weight excluding hydrogens is 309 g/mol. The summed E-state index contributed by atoms with van der Waals surface area (Å²) in [4.78, 5) is 23.3. The summed E-state index contributed by atoms with van der Waals surface area (Å²) >= 11 is 1.71. The van der Waals surface area contributed by atoms with E-state index in [9.17, 15) is 9.59 Å². The lowest BCUT2D eigenvalue weighted by molar-refractivity contribution is -0.150. The van der Waals surface area contributed by atoms with Gasteiger partial charge in [0.15, 0.2) is 0 Å². The Morgan fingerprint density at radius 3 is 3.00 bits per heavy atom. The van der Waals surface area contributed by atoms with E-state index >= 15 is 0 Å². The van der Waals surface area contributed by atoms with E-state index in [0.29, 0.717) is 12.2 Å². The van der Waals surface area contributed by atoms with Gasteiger partial charge < -0.3 is 5.32 Å². The fraction of sp³-hybridized carbons (Fsp3) is 0.556. The summed E-state index contributed by atoms with van der Waals surface area (Å²) in [6.45, 7) is 1.47. The maximum absolute atomic E-state index is 12.0. The van der Waals surface area contributed by atoms with E-state index in [1.807, 2.05) is 11.1 Å². The third-order valence-electron chi connectivity index (χ3n) is 2.74. The van der Waals surface area contributed by atoms with E-state index in [2.05, 4.69) is 5.32 Å². The number of hydrogen-bond donors (Lipinski definition) is 1. The molecule has 0 saturated carbocycles. The van der Waals surface area contributed by atoms with Crippen molar-refractivity contribution in [2.45, 2.75) is 12.5 Å². The van der Waals surface area contributed by atoms with Crippen LogP contribution in [0.2, 0.25) is 0 Å². The number of halogens is 1. The van der Waals surface area contributed by atoms with Gasteiger partial charge in [0.2, 0.25) is 3.79 Å². The highest BCUT2D eigenvalue weighted by atomic mass is 127. The molecule has 0 aromatic rings. The van der Waals surface area contributed by atoms with Crippen molar-refractivity contribution >= 4 is 32.3 Å². The quantitative estimate of drug-likeness (QED) is 0.569. The molecule has 1 N–H and O–H groups in total. The van der Waals surface area contributed by atoms with Gasteiger partial charge in [0.1, 0.15) is 5.70 Å². The summed E-state index contributed by atoms with van der Waals surface area (Å²) in [6, 6.07) is -0.168. The summed E-state index contributed by atoms with van der Waals surface area (Å²) in [7, 11) is 1.77. The zero-order chi connectivity index (χ0) is 11.0. The van der Waals surface area contributed by atoms with Crippen molar-refractivity contribution in [2.75, 3.05) is 20.1 Å². The first-order valence-electron chi connectivity index (χ1n) is 4.81. The lowest BCUT2D eigenvalue weighted by Crippen LogP contribution is -2.56. The van der Waals surface area contributed by atoms with Crippen molar-refractivity contribution < 1.29 is 9.59 Å². The standard InChI is InChI=1S/C9H12IN3O2/c1-11-6-2-4-12-5-3-7(8(10)14)13(12)9(6)15/h3,6,11H,2,4-5H2,1H3. The lowest BCUT2D eigenvalue weighted by atomic mass is 10.1. The van der Waals surface area contributed by atoms with Gasteiger partial charge in [0.05, 0.1) is 6.04 Å². The Kier molecular flexibility index (Phi) is 3.08. The predicted octanol–water partition coefficient (Wildman–Crippen LogP) is -0.117. The summed E-state index contributed by atoms with van der Waals surface area (Å²) in [6.07, 6.45) is 2.60. The lowest BCUT2D eigenvalue weighted by Gasteiger charge is -2.37. The smallest absolute Gasteiger partial charge is 0.258 e. The van der Waals surface area contributed by atoms with Crippen LogP contribution in [0.5, 0.6) is 0 Å². The third kappa shape index (κ3) is 1.81. The molecule has 82 valence electrons. The van der Waals surface area contributed by atoms with E-state index in [4.69, 9.17) is 0 Å². The van der Waals surface area contributed by atoms with Crippen molar-refractivity contribution in [3.05, 3.63) is 11.8 Å². The summed E-state index contributed by atoms with van der Waals surface area (Å²) in [5.74, 6) is -0.0301. The Balaban J connectivity index is 2.23. The second-order valence-corrected chi connectivity index (χ2v) is 4.54. The van der Waals surface area contributed by atoms with E-state index in [0.717, 1.165) is 13.0 Å². The minimum Gasteiger partial charge on any atom is -0.309 e. The van der Waals surface area contributed by atoms with Crippen LogP contribution in [0.15, 0.2) is 11.8 Å². The average molecular weight is 321 g/mol. The molecular formula is C9H12IN3O2. The normalized spacial score (nSPS) is 26.5. The predicted molar refractivity (Wildman–Crippen MR) is 63.0 cm³/mol. The first-order valence-corrected chi connectivity index (χ1v) is 5.89. The third-order valence-corrected chi connectivity index (χ3v) is 3.29. The minimum absolute atomic E-state index is 0.0301. The van der Waals surface area contributed by atoms with Crippen LogP contribution < -0.4 is 5.32 Å². The second-order valence-electron chi connectivity index (χ2n) is 3.56. The fourth-order valence-corrected chi connectivity index (χ4v) is 2.39. The van der Waals surface area contributed by atoms with Crippen LogP contribution in [-0.2, 0) is 9.59 Å². The molecule has 2 aliphatic rings. The highest BCUT2D eigenvalue weighted by Crippen LogP contribution is 2.25. The van der Waals surface area contributed by atoms with Crippen molar-refractivity contribution in [2.24, 2.45) is 0 Å². The largest absolute Gasteiger partial charge is 0.309 e. The van der Waals surface area contributed by atoms with Gasteiger partial charge in [-0.2, -0.15) is 0 Å². The number of carbonyl (C=O) groups excluding carboxylic acids is 2. The molecule has 2 aliphatic heterocycles. The Bertz CT molecular complexity index is 342. The topological polar surface area (TPSA) is 52.7 Å². The van der Waals surface area contributed by atoms with E-state index in [-0.39, 0.29) is 15.7 Å². The zero-order valence-electron chi connectivity index (χ0n) is 8.36. The van der Waals surface area contributed by atoms with Gasteiger partial charge >= 0.3 is 0 Å². The van der Waals surface area contributed by atoms with E-state index in [1.54, 1.807) is 29.6 Å². The molecule has 1 amide bonds. The molecule has 0 bridgehead atoms. The first-order chi connectivity index (χ1) is 7.15. The van der Waals surface area contributed by atoms with Crippen molar-refractivity contribution in [1.82, 2.24) is 15.3 Å². The van der Waals surface area contributed by atoms with Crippen LogP contribution in [0.25, 0.3) is 0 Å². The maximum Gasteiger partial charge on any atom is 0.258 e. The van der Waals surface area contributed by atoms with Crippen LogP contribution in [0.4, 0.5) is 0 Å². The van der Waals surface area contributed by atoms with Gasteiger partial charge in [-0.15, -0.1) is 0 Å². The molecule has 0 aromatic heterocycles. The average Bonchev–Trinajstić information content (AvgIpc) is 2.63. The number of allylic oxidation sites excluding steroid dienone is 1. The molecule has 6 heteroatoms. The first kappa shape index (κ1) is 11.0. The number of nitrogens with zero attached hydrogens (tertiary/aromatic N) is 2. The number of carbonyl (C=O) groups is 2. The molecule has 0 spiro atoms. The Labute approximate surface area is 102 Å². The molecule has 1 atom stereocenters. The maximum atomic E-state index is 12.0. The second kappa shape index (κ2) is 4.18. The van der Waals surface area contributed by atoms with Gasteiger partial charge in [-0.05, 0) is 19.5 Å². The molecule has 0 aromatic carbocycles. The molecule has 2 heterocycles. The zero-order valence-corrected chi connectivity index (χ0v) is 10.5. The fourth-order valence-electron chi connectivity index (χ4n) is 1.94. The molecule has 0 radical (unpaired) electrons. The van der Waals surface area contributed by atoms with E-state index < -0.39 is 0 Å². The van der Waals surface area contributed by atoms with Gasteiger partial charge in [-0.25, -0.2) is 10.0 Å². The number of amides is 1. The number of hydrogen-bond acceptors (Lipinski definition) is 4. The van der Waals surface area contributed by atoms with Gasteiger partial charge in [0.25, 0.3) is 5.91 Å². The molecule has 0 aliphatic carbocycles. The van der Waals surface area contributed by atoms with Crippen LogP contribution in [0.1, 0.15) is 6.42 Å². The van der Waals surface area contributed by atoms with Crippen LogP contribution in [0, 0.1) is 0 Å².